The van der Waals surface area contributed by atoms with Gasteiger partial charge in [0.25, 0.3) is 11.5 Å². The number of H-pyrrole nitrogens is 1. The van der Waals surface area contributed by atoms with Crippen molar-refractivity contribution in [1.29, 1.82) is 0 Å². The third-order valence-corrected chi connectivity index (χ3v) is 4.70. The molecule has 126 valence electrons. The number of aryl methyl sites for hydroxylation is 1. The molecule has 1 aliphatic rings. The van der Waals surface area contributed by atoms with Crippen molar-refractivity contribution in [2.24, 2.45) is 0 Å². The van der Waals surface area contributed by atoms with Crippen LogP contribution in [0.5, 0.6) is 0 Å². The maximum Gasteiger partial charge on any atom is 0.255 e. The standard InChI is InChI=1S/C17H19ClN4O2/c1-10-5-4-6-12(14(10)18)16(24)22-8-7-11-13(9-22)19-17(21(2)3)20-15(11)23/h4-6H,7-9H2,1-3H3,(H,19,20,23). The Labute approximate surface area is 145 Å². The normalized spacial score (nSPS) is 13.6. The van der Waals surface area contributed by atoms with Gasteiger partial charge in [-0.2, -0.15) is 0 Å². The van der Waals surface area contributed by atoms with E-state index < -0.39 is 0 Å². The summed E-state index contributed by atoms with van der Waals surface area (Å²) in [5.74, 6) is 0.351. The van der Waals surface area contributed by atoms with Crippen molar-refractivity contribution >= 4 is 23.5 Å². The molecular weight excluding hydrogens is 328 g/mol. The molecule has 1 aromatic heterocycles. The Morgan fingerprint density at radius 1 is 1.38 bits per heavy atom. The average Bonchev–Trinajstić information content (AvgIpc) is 2.56. The fourth-order valence-electron chi connectivity index (χ4n) is 2.79. The number of fused-ring (bicyclic) bond motifs is 1. The van der Waals surface area contributed by atoms with E-state index in [2.05, 4.69) is 9.97 Å². The van der Waals surface area contributed by atoms with Crippen LogP contribution in [0, 0.1) is 6.92 Å². The van der Waals surface area contributed by atoms with Crippen molar-refractivity contribution in [3.63, 3.8) is 0 Å². The lowest BCUT2D eigenvalue weighted by Gasteiger charge is -2.28. The second kappa shape index (κ2) is 6.28. The molecule has 2 aromatic rings. The zero-order valence-corrected chi connectivity index (χ0v) is 14.6. The first kappa shape index (κ1) is 16.5. The summed E-state index contributed by atoms with van der Waals surface area (Å²) in [4.78, 5) is 35.7. The van der Waals surface area contributed by atoms with Gasteiger partial charge >= 0.3 is 0 Å². The molecule has 0 atom stereocenters. The lowest BCUT2D eigenvalue weighted by Crippen LogP contribution is -2.39. The first-order valence-corrected chi connectivity index (χ1v) is 8.10. The molecule has 1 amide bonds. The zero-order valence-electron chi connectivity index (χ0n) is 13.9. The molecule has 0 saturated carbocycles. The van der Waals surface area contributed by atoms with Gasteiger partial charge in [0.15, 0.2) is 0 Å². The Morgan fingerprint density at radius 3 is 2.83 bits per heavy atom. The van der Waals surface area contributed by atoms with Crippen LogP contribution in [0.15, 0.2) is 23.0 Å². The molecule has 6 nitrogen and oxygen atoms in total. The SMILES string of the molecule is Cc1cccc(C(=O)N2CCc3c(nc(N(C)C)[nH]c3=O)C2)c1Cl. The van der Waals surface area contributed by atoms with E-state index in [0.717, 1.165) is 5.56 Å². The summed E-state index contributed by atoms with van der Waals surface area (Å²) in [7, 11) is 3.62. The largest absolute Gasteiger partial charge is 0.348 e. The van der Waals surface area contributed by atoms with Gasteiger partial charge in [0.1, 0.15) is 0 Å². The molecule has 7 heteroatoms. The van der Waals surface area contributed by atoms with Gasteiger partial charge in [-0.3, -0.25) is 14.6 Å². The fourth-order valence-corrected chi connectivity index (χ4v) is 3.00. The molecular formula is C17H19ClN4O2. The maximum absolute atomic E-state index is 12.8. The topological polar surface area (TPSA) is 69.3 Å². The molecule has 0 unspecified atom stereocenters. The molecule has 2 heterocycles. The fraction of sp³-hybridized carbons (Fsp3) is 0.353. The molecule has 0 radical (unpaired) electrons. The van der Waals surface area contributed by atoms with E-state index in [1.807, 2.05) is 33.2 Å². The summed E-state index contributed by atoms with van der Waals surface area (Å²) >= 11 is 6.27. The Balaban J connectivity index is 1.93. The number of halogens is 1. The number of carbonyl (C=O) groups is 1. The van der Waals surface area contributed by atoms with E-state index in [9.17, 15) is 9.59 Å². The lowest BCUT2D eigenvalue weighted by molar-refractivity contribution is 0.0731. The highest BCUT2D eigenvalue weighted by atomic mass is 35.5. The Morgan fingerprint density at radius 2 is 2.12 bits per heavy atom. The summed E-state index contributed by atoms with van der Waals surface area (Å²) in [6.07, 6.45) is 0.487. The van der Waals surface area contributed by atoms with Crippen LogP contribution in [-0.2, 0) is 13.0 Å². The highest BCUT2D eigenvalue weighted by molar-refractivity contribution is 6.34. The van der Waals surface area contributed by atoms with Gasteiger partial charge in [0.2, 0.25) is 5.95 Å². The van der Waals surface area contributed by atoms with Crippen molar-refractivity contribution in [2.75, 3.05) is 25.5 Å². The van der Waals surface area contributed by atoms with Gasteiger partial charge in [-0.25, -0.2) is 4.98 Å². The van der Waals surface area contributed by atoms with Crippen molar-refractivity contribution in [2.45, 2.75) is 19.9 Å². The number of rotatable bonds is 2. The van der Waals surface area contributed by atoms with Gasteiger partial charge in [0, 0.05) is 26.2 Å². The maximum atomic E-state index is 12.8. The number of benzene rings is 1. The molecule has 0 fully saturated rings. The molecule has 0 spiro atoms. The van der Waals surface area contributed by atoms with Crippen LogP contribution < -0.4 is 10.5 Å². The monoisotopic (exact) mass is 346 g/mol. The average molecular weight is 347 g/mol. The molecule has 1 aliphatic heterocycles. The zero-order chi connectivity index (χ0) is 17.4. The highest BCUT2D eigenvalue weighted by Gasteiger charge is 2.26. The van der Waals surface area contributed by atoms with Crippen molar-refractivity contribution in [3.8, 4) is 0 Å². The summed E-state index contributed by atoms with van der Waals surface area (Å²) < 4.78 is 0. The first-order chi connectivity index (χ1) is 11.4. The van der Waals surface area contributed by atoms with E-state index in [4.69, 9.17) is 11.6 Å². The van der Waals surface area contributed by atoms with Crippen LogP contribution in [0.1, 0.15) is 27.2 Å². The van der Waals surface area contributed by atoms with Crippen molar-refractivity contribution < 1.29 is 4.79 Å². The van der Waals surface area contributed by atoms with E-state index in [1.54, 1.807) is 15.9 Å². The predicted molar refractivity (Wildman–Crippen MR) is 93.8 cm³/mol. The van der Waals surface area contributed by atoms with Crippen molar-refractivity contribution in [3.05, 3.63) is 56.0 Å². The summed E-state index contributed by atoms with van der Waals surface area (Å²) in [6, 6.07) is 5.41. The number of hydrogen-bond donors (Lipinski definition) is 1. The van der Waals surface area contributed by atoms with Crippen LogP contribution in [0.2, 0.25) is 5.02 Å². The lowest BCUT2D eigenvalue weighted by atomic mass is 10.0. The van der Waals surface area contributed by atoms with Gasteiger partial charge in [-0.1, -0.05) is 23.7 Å². The number of hydrogen-bond acceptors (Lipinski definition) is 4. The number of anilines is 1. The minimum atomic E-state index is -0.136. The van der Waals surface area contributed by atoms with Crippen molar-refractivity contribution in [1.82, 2.24) is 14.9 Å². The second-order valence-electron chi connectivity index (χ2n) is 6.12. The molecule has 1 aromatic carbocycles. The molecule has 1 N–H and O–H groups in total. The van der Waals surface area contributed by atoms with Gasteiger partial charge < -0.3 is 9.80 Å². The number of amides is 1. The van der Waals surface area contributed by atoms with Crippen LogP contribution in [0.3, 0.4) is 0 Å². The number of carbonyl (C=O) groups excluding carboxylic acids is 1. The predicted octanol–water partition coefficient (Wildman–Crippen LogP) is 2.00. The van der Waals surface area contributed by atoms with Crippen LogP contribution in [-0.4, -0.2) is 41.4 Å². The number of aromatic nitrogens is 2. The van der Waals surface area contributed by atoms with Gasteiger partial charge in [-0.05, 0) is 25.0 Å². The Hall–Kier alpha value is -2.34. The quantitative estimate of drug-likeness (QED) is 0.903. The molecule has 0 bridgehead atoms. The first-order valence-electron chi connectivity index (χ1n) is 7.72. The van der Waals surface area contributed by atoms with Crippen LogP contribution in [0.4, 0.5) is 5.95 Å². The van der Waals surface area contributed by atoms with Gasteiger partial charge in [0.05, 0.1) is 22.8 Å². The molecule has 0 aliphatic carbocycles. The molecule has 24 heavy (non-hydrogen) atoms. The van der Waals surface area contributed by atoms with Crippen LogP contribution in [0.25, 0.3) is 0 Å². The molecule has 3 rings (SSSR count). The Kier molecular flexibility index (Phi) is 4.32. The minimum Gasteiger partial charge on any atom is -0.348 e. The smallest absolute Gasteiger partial charge is 0.255 e. The number of nitrogens with zero attached hydrogens (tertiary/aromatic N) is 3. The molecule has 0 saturated heterocycles. The van der Waals surface area contributed by atoms with Gasteiger partial charge in [-0.15, -0.1) is 0 Å². The van der Waals surface area contributed by atoms with E-state index in [0.29, 0.717) is 47.3 Å². The van der Waals surface area contributed by atoms with E-state index in [1.165, 1.54) is 0 Å². The number of aromatic amines is 1. The van der Waals surface area contributed by atoms with E-state index in [-0.39, 0.29) is 11.5 Å². The summed E-state index contributed by atoms with van der Waals surface area (Å²) in [6.45, 7) is 2.65. The minimum absolute atomic E-state index is 0.135. The summed E-state index contributed by atoms with van der Waals surface area (Å²) in [5.41, 5.74) is 2.51. The van der Waals surface area contributed by atoms with Crippen LogP contribution >= 0.6 is 11.6 Å². The summed E-state index contributed by atoms with van der Waals surface area (Å²) in [5, 5.41) is 0.473. The third kappa shape index (κ3) is 2.89. The van der Waals surface area contributed by atoms with E-state index >= 15 is 0 Å². The third-order valence-electron chi connectivity index (χ3n) is 4.19. The number of nitrogens with one attached hydrogen (secondary N) is 1. The second-order valence-corrected chi connectivity index (χ2v) is 6.50. The highest BCUT2D eigenvalue weighted by Crippen LogP contribution is 2.24. The Bertz CT molecular complexity index is 860.